The second kappa shape index (κ2) is 6.21. The Morgan fingerprint density at radius 3 is 2.52 bits per heavy atom. The normalized spacial score (nSPS) is 10.4. The van der Waals surface area contributed by atoms with E-state index in [4.69, 9.17) is 9.52 Å². The number of rotatable bonds is 5. The SMILES string of the molecule is Cc1oc(CNC(=O)Cc2ccc(F)cc2)cc1C(=O)O. The van der Waals surface area contributed by atoms with Gasteiger partial charge in [-0.05, 0) is 30.7 Å². The Bertz CT molecular complexity index is 661. The molecule has 1 heterocycles. The summed E-state index contributed by atoms with van der Waals surface area (Å²) in [5.74, 6) is -1.01. The maximum absolute atomic E-state index is 12.7. The van der Waals surface area contributed by atoms with Gasteiger partial charge < -0.3 is 14.8 Å². The second-order valence-electron chi connectivity index (χ2n) is 4.57. The Kier molecular flexibility index (Phi) is 4.37. The highest BCUT2D eigenvalue weighted by atomic mass is 19.1. The molecule has 0 atom stereocenters. The highest BCUT2D eigenvalue weighted by Crippen LogP contribution is 2.14. The maximum Gasteiger partial charge on any atom is 0.339 e. The van der Waals surface area contributed by atoms with Crippen LogP contribution in [0.15, 0.2) is 34.7 Å². The van der Waals surface area contributed by atoms with Gasteiger partial charge >= 0.3 is 5.97 Å². The van der Waals surface area contributed by atoms with Crippen molar-refractivity contribution in [2.24, 2.45) is 0 Å². The maximum atomic E-state index is 12.7. The van der Waals surface area contributed by atoms with Crippen molar-refractivity contribution in [2.75, 3.05) is 0 Å². The molecule has 0 aliphatic heterocycles. The van der Waals surface area contributed by atoms with Crippen molar-refractivity contribution in [1.82, 2.24) is 5.32 Å². The van der Waals surface area contributed by atoms with Gasteiger partial charge in [0.05, 0.1) is 13.0 Å². The lowest BCUT2D eigenvalue weighted by molar-refractivity contribution is -0.120. The fourth-order valence-corrected chi connectivity index (χ4v) is 1.88. The number of aryl methyl sites for hydroxylation is 1. The van der Waals surface area contributed by atoms with E-state index in [1.807, 2.05) is 0 Å². The van der Waals surface area contributed by atoms with Crippen LogP contribution in [0.3, 0.4) is 0 Å². The number of aromatic carboxylic acids is 1. The molecule has 0 fully saturated rings. The van der Waals surface area contributed by atoms with Gasteiger partial charge in [-0.3, -0.25) is 4.79 Å². The molecule has 110 valence electrons. The van der Waals surface area contributed by atoms with Crippen LogP contribution < -0.4 is 5.32 Å². The summed E-state index contributed by atoms with van der Waals surface area (Å²) in [6.07, 6.45) is 0.117. The Labute approximate surface area is 120 Å². The Hall–Kier alpha value is -2.63. The molecule has 0 spiro atoms. The number of hydrogen-bond donors (Lipinski definition) is 2. The van der Waals surface area contributed by atoms with Crippen LogP contribution in [0.25, 0.3) is 0 Å². The van der Waals surface area contributed by atoms with Crippen molar-refractivity contribution in [3.05, 3.63) is 58.8 Å². The summed E-state index contributed by atoms with van der Waals surface area (Å²) in [7, 11) is 0. The van der Waals surface area contributed by atoms with Crippen molar-refractivity contribution >= 4 is 11.9 Å². The smallest absolute Gasteiger partial charge is 0.339 e. The number of nitrogens with one attached hydrogen (secondary N) is 1. The molecule has 0 aliphatic rings. The molecule has 0 saturated carbocycles. The van der Waals surface area contributed by atoms with Gasteiger partial charge in [0.15, 0.2) is 0 Å². The average Bonchev–Trinajstić information content (AvgIpc) is 2.81. The van der Waals surface area contributed by atoms with Gasteiger partial charge in [0.25, 0.3) is 0 Å². The topological polar surface area (TPSA) is 79.5 Å². The summed E-state index contributed by atoms with van der Waals surface area (Å²) < 4.78 is 18.0. The Balaban J connectivity index is 1.90. The molecule has 0 bridgehead atoms. The number of benzene rings is 1. The minimum Gasteiger partial charge on any atom is -0.478 e. The van der Waals surface area contributed by atoms with Gasteiger partial charge in [0.2, 0.25) is 5.91 Å². The Morgan fingerprint density at radius 1 is 1.29 bits per heavy atom. The molecule has 1 amide bonds. The van der Waals surface area contributed by atoms with E-state index >= 15 is 0 Å². The predicted octanol–water partition coefficient (Wildman–Crippen LogP) is 2.28. The van der Waals surface area contributed by atoms with Gasteiger partial charge in [-0.25, -0.2) is 9.18 Å². The zero-order valence-corrected chi connectivity index (χ0v) is 11.4. The molecule has 1 aromatic heterocycles. The third kappa shape index (κ3) is 3.92. The van der Waals surface area contributed by atoms with Crippen molar-refractivity contribution in [3.63, 3.8) is 0 Å². The van der Waals surface area contributed by atoms with Crippen LogP contribution in [0.2, 0.25) is 0 Å². The average molecular weight is 291 g/mol. The summed E-state index contributed by atoms with van der Waals surface area (Å²) in [6, 6.07) is 7.04. The predicted molar refractivity (Wildman–Crippen MR) is 72.4 cm³/mol. The van der Waals surface area contributed by atoms with E-state index in [0.29, 0.717) is 17.1 Å². The molecule has 2 aromatic rings. The van der Waals surface area contributed by atoms with Crippen molar-refractivity contribution in [1.29, 1.82) is 0 Å². The fraction of sp³-hybridized carbons (Fsp3) is 0.200. The zero-order chi connectivity index (χ0) is 15.4. The van der Waals surface area contributed by atoms with Crippen LogP contribution in [0.4, 0.5) is 4.39 Å². The number of hydrogen-bond acceptors (Lipinski definition) is 3. The van der Waals surface area contributed by atoms with E-state index in [-0.39, 0.29) is 30.3 Å². The highest BCUT2D eigenvalue weighted by Gasteiger charge is 2.14. The molecule has 21 heavy (non-hydrogen) atoms. The van der Waals surface area contributed by atoms with E-state index in [0.717, 1.165) is 0 Å². The molecule has 0 saturated heterocycles. The molecule has 1 aromatic carbocycles. The first-order chi connectivity index (χ1) is 9.95. The number of carboxylic acid groups (broad SMARTS) is 1. The third-order valence-corrected chi connectivity index (χ3v) is 2.94. The third-order valence-electron chi connectivity index (χ3n) is 2.94. The fourth-order valence-electron chi connectivity index (χ4n) is 1.88. The number of carbonyl (C=O) groups is 2. The number of carbonyl (C=O) groups excluding carboxylic acids is 1. The first-order valence-corrected chi connectivity index (χ1v) is 6.29. The van der Waals surface area contributed by atoms with Crippen LogP contribution >= 0.6 is 0 Å². The highest BCUT2D eigenvalue weighted by molar-refractivity contribution is 5.88. The van der Waals surface area contributed by atoms with Crippen LogP contribution in [0.5, 0.6) is 0 Å². The van der Waals surface area contributed by atoms with Crippen molar-refractivity contribution in [2.45, 2.75) is 19.9 Å². The van der Waals surface area contributed by atoms with Crippen LogP contribution in [0.1, 0.15) is 27.4 Å². The van der Waals surface area contributed by atoms with E-state index < -0.39 is 5.97 Å². The lowest BCUT2D eigenvalue weighted by Gasteiger charge is -2.03. The molecule has 0 radical (unpaired) electrons. The summed E-state index contributed by atoms with van der Waals surface area (Å²) in [4.78, 5) is 22.6. The zero-order valence-electron chi connectivity index (χ0n) is 11.4. The second-order valence-corrected chi connectivity index (χ2v) is 4.57. The van der Waals surface area contributed by atoms with E-state index in [9.17, 15) is 14.0 Å². The first-order valence-electron chi connectivity index (χ1n) is 6.29. The Morgan fingerprint density at radius 2 is 1.95 bits per heavy atom. The number of carboxylic acids is 1. The minimum absolute atomic E-state index is 0.0813. The van der Waals surface area contributed by atoms with Gasteiger partial charge in [-0.15, -0.1) is 0 Å². The summed E-state index contributed by atoms with van der Waals surface area (Å²) in [5.41, 5.74) is 0.772. The number of amides is 1. The quantitative estimate of drug-likeness (QED) is 0.885. The summed E-state index contributed by atoms with van der Waals surface area (Å²) in [6.45, 7) is 1.65. The summed E-state index contributed by atoms with van der Waals surface area (Å²) >= 11 is 0. The van der Waals surface area contributed by atoms with Crippen LogP contribution in [0, 0.1) is 12.7 Å². The van der Waals surface area contributed by atoms with E-state index in [1.54, 1.807) is 6.92 Å². The number of furan rings is 1. The minimum atomic E-state index is -1.07. The largest absolute Gasteiger partial charge is 0.478 e. The standard InChI is InChI=1S/C15H14FNO4/c1-9-13(15(19)20)7-12(21-9)8-17-14(18)6-10-2-4-11(16)5-3-10/h2-5,7H,6,8H2,1H3,(H,17,18)(H,19,20). The molecule has 0 unspecified atom stereocenters. The van der Waals surface area contributed by atoms with Crippen molar-refractivity contribution in [3.8, 4) is 0 Å². The van der Waals surface area contributed by atoms with Gasteiger partial charge in [0.1, 0.15) is 22.9 Å². The molecule has 5 nitrogen and oxygen atoms in total. The molecule has 0 aliphatic carbocycles. The molecule has 2 rings (SSSR count). The van der Waals surface area contributed by atoms with Crippen LogP contribution in [-0.4, -0.2) is 17.0 Å². The van der Waals surface area contributed by atoms with E-state index in [1.165, 1.54) is 30.3 Å². The van der Waals surface area contributed by atoms with Gasteiger partial charge in [0, 0.05) is 0 Å². The molecule has 6 heteroatoms. The monoisotopic (exact) mass is 291 g/mol. The molecule has 2 N–H and O–H groups in total. The molecular weight excluding hydrogens is 277 g/mol. The van der Waals surface area contributed by atoms with E-state index in [2.05, 4.69) is 5.32 Å². The lowest BCUT2D eigenvalue weighted by Crippen LogP contribution is -2.24. The first kappa shape index (κ1) is 14.8. The van der Waals surface area contributed by atoms with Gasteiger partial charge in [-0.2, -0.15) is 0 Å². The number of halogens is 1. The lowest BCUT2D eigenvalue weighted by atomic mass is 10.1. The van der Waals surface area contributed by atoms with Crippen molar-refractivity contribution < 1.29 is 23.5 Å². The molecular formula is C15H14FNO4. The summed E-state index contributed by atoms with van der Waals surface area (Å²) in [5, 5.41) is 11.5. The van der Waals surface area contributed by atoms with Crippen LogP contribution in [-0.2, 0) is 17.8 Å². The van der Waals surface area contributed by atoms with Gasteiger partial charge in [-0.1, -0.05) is 12.1 Å².